The number of aromatic hydroxyl groups is 1. The maximum atomic E-state index is 12.2. The van der Waals surface area contributed by atoms with E-state index in [2.05, 4.69) is 9.93 Å². The Balaban J connectivity index is 2.28. The molecule has 5 nitrogen and oxygen atoms in total. The molecule has 2 N–H and O–H groups in total. The van der Waals surface area contributed by atoms with Crippen LogP contribution in [0.4, 0.5) is 0 Å². The first-order valence-corrected chi connectivity index (χ1v) is 8.42. The van der Waals surface area contributed by atoms with Crippen LogP contribution in [0.2, 0.25) is 5.02 Å². The molecule has 0 aliphatic rings. The fraction of sp³-hybridized carbons (Fsp3) is 0.133. The number of hydrazone groups is 1. The third-order valence-electron chi connectivity index (χ3n) is 2.97. The van der Waals surface area contributed by atoms with Gasteiger partial charge in [-0.1, -0.05) is 30.7 Å². The average molecular weight is 339 g/mol. The zero-order chi connectivity index (χ0) is 16.2. The average Bonchev–Trinajstić information content (AvgIpc) is 2.50. The molecule has 0 atom stereocenters. The summed E-state index contributed by atoms with van der Waals surface area (Å²) < 4.78 is 24.3. The monoisotopic (exact) mass is 338 g/mol. The maximum Gasteiger partial charge on any atom is 0.276 e. The Bertz CT molecular complexity index is 787. The van der Waals surface area contributed by atoms with Gasteiger partial charge in [-0.2, -0.15) is 18.4 Å². The summed E-state index contributed by atoms with van der Waals surface area (Å²) in [5.74, 6) is 0.0498. The molecular weight excluding hydrogens is 324 g/mol. The number of phenolic OH excluding ortho intramolecular Hbond substituents is 1. The number of hydrogen-bond donors (Lipinski definition) is 2. The summed E-state index contributed by atoms with van der Waals surface area (Å²) in [7, 11) is -3.78. The van der Waals surface area contributed by atoms with Gasteiger partial charge in [0.15, 0.2) is 0 Å². The SMILES string of the molecule is CCC(=NNS(=O)(=O)c1ccc(Cl)cc1)c1ccccc1O. The third kappa shape index (κ3) is 3.78. The lowest BCUT2D eigenvalue weighted by Crippen LogP contribution is -2.20. The molecule has 22 heavy (non-hydrogen) atoms. The molecule has 2 aromatic rings. The van der Waals surface area contributed by atoms with Crippen LogP contribution < -0.4 is 4.83 Å². The Morgan fingerprint density at radius 2 is 1.82 bits per heavy atom. The van der Waals surface area contributed by atoms with E-state index in [-0.39, 0.29) is 10.6 Å². The topological polar surface area (TPSA) is 78.8 Å². The molecule has 116 valence electrons. The van der Waals surface area contributed by atoms with E-state index in [1.54, 1.807) is 18.2 Å². The van der Waals surface area contributed by atoms with Gasteiger partial charge >= 0.3 is 0 Å². The van der Waals surface area contributed by atoms with Crippen LogP contribution >= 0.6 is 11.6 Å². The van der Waals surface area contributed by atoms with E-state index in [0.29, 0.717) is 22.7 Å². The van der Waals surface area contributed by atoms with Crippen molar-refractivity contribution in [1.82, 2.24) is 4.83 Å². The van der Waals surface area contributed by atoms with Gasteiger partial charge < -0.3 is 5.11 Å². The highest BCUT2D eigenvalue weighted by atomic mass is 35.5. The second kappa shape index (κ2) is 6.81. The highest BCUT2D eigenvalue weighted by molar-refractivity contribution is 7.89. The minimum absolute atomic E-state index is 0.0498. The van der Waals surface area contributed by atoms with Gasteiger partial charge in [0.25, 0.3) is 10.0 Å². The van der Waals surface area contributed by atoms with E-state index >= 15 is 0 Å². The minimum atomic E-state index is -3.78. The van der Waals surface area contributed by atoms with E-state index in [9.17, 15) is 13.5 Å². The van der Waals surface area contributed by atoms with Crippen molar-refractivity contribution < 1.29 is 13.5 Å². The minimum Gasteiger partial charge on any atom is -0.507 e. The highest BCUT2D eigenvalue weighted by Crippen LogP contribution is 2.18. The van der Waals surface area contributed by atoms with Crippen LogP contribution in [-0.2, 0) is 10.0 Å². The fourth-order valence-corrected chi connectivity index (χ4v) is 2.79. The number of hydrogen-bond acceptors (Lipinski definition) is 4. The first kappa shape index (κ1) is 16.3. The normalized spacial score (nSPS) is 12.2. The van der Waals surface area contributed by atoms with Gasteiger partial charge in [0.05, 0.1) is 10.6 Å². The van der Waals surface area contributed by atoms with Crippen LogP contribution in [0.3, 0.4) is 0 Å². The standard InChI is InChI=1S/C15H15ClN2O3S/c1-2-14(13-5-3-4-6-15(13)19)17-18-22(20,21)12-9-7-11(16)8-10-12/h3-10,18-19H,2H2,1H3. The highest BCUT2D eigenvalue weighted by Gasteiger charge is 2.14. The van der Waals surface area contributed by atoms with Gasteiger partial charge in [0.1, 0.15) is 5.75 Å². The van der Waals surface area contributed by atoms with Crippen molar-refractivity contribution >= 4 is 27.3 Å². The lowest BCUT2D eigenvalue weighted by atomic mass is 10.1. The Kier molecular flexibility index (Phi) is 5.05. The van der Waals surface area contributed by atoms with Crippen molar-refractivity contribution in [2.75, 3.05) is 0 Å². The van der Waals surface area contributed by atoms with Crippen LogP contribution in [0, 0.1) is 0 Å². The first-order chi connectivity index (χ1) is 10.4. The van der Waals surface area contributed by atoms with Crippen LogP contribution in [0.15, 0.2) is 58.5 Å². The predicted octanol–water partition coefficient (Wildman–Crippen LogP) is 3.14. The van der Waals surface area contributed by atoms with Gasteiger partial charge in [0.2, 0.25) is 0 Å². The van der Waals surface area contributed by atoms with Gasteiger partial charge in [-0.25, -0.2) is 0 Å². The van der Waals surface area contributed by atoms with Crippen molar-refractivity contribution in [1.29, 1.82) is 0 Å². The summed E-state index contributed by atoms with van der Waals surface area (Å²) in [5, 5.41) is 14.2. The molecule has 0 bridgehead atoms. The van der Waals surface area contributed by atoms with E-state index in [1.807, 2.05) is 6.92 Å². The van der Waals surface area contributed by atoms with Crippen LogP contribution in [0.5, 0.6) is 5.75 Å². The number of sulfonamides is 1. The van der Waals surface area contributed by atoms with Crippen molar-refractivity contribution in [3.8, 4) is 5.75 Å². The largest absolute Gasteiger partial charge is 0.507 e. The van der Waals surface area contributed by atoms with E-state index in [4.69, 9.17) is 11.6 Å². The van der Waals surface area contributed by atoms with E-state index in [0.717, 1.165) is 0 Å². The predicted molar refractivity (Wildman–Crippen MR) is 86.7 cm³/mol. The molecule has 0 amide bonds. The molecule has 7 heteroatoms. The van der Waals surface area contributed by atoms with Gasteiger partial charge in [0, 0.05) is 10.6 Å². The quantitative estimate of drug-likeness (QED) is 0.649. The van der Waals surface area contributed by atoms with Crippen molar-refractivity contribution in [3.05, 3.63) is 59.1 Å². The van der Waals surface area contributed by atoms with E-state index in [1.165, 1.54) is 30.3 Å². The molecule has 0 aliphatic heterocycles. The number of para-hydroxylation sites is 1. The Hall–Kier alpha value is -2.05. The molecule has 0 unspecified atom stereocenters. The summed E-state index contributed by atoms with van der Waals surface area (Å²) in [6.07, 6.45) is 0.459. The van der Waals surface area contributed by atoms with Gasteiger partial charge in [-0.15, -0.1) is 0 Å². The molecular formula is C15H15ClN2O3S. The third-order valence-corrected chi connectivity index (χ3v) is 4.45. The second-order valence-corrected chi connectivity index (χ2v) is 6.58. The van der Waals surface area contributed by atoms with Crippen molar-refractivity contribution in [3.63, 3.8) is 0 Å². The number of benzene rings is 2. The number of phenols is 1. The Labute approximate surface area is 134 Å². The van der Waals surface area contributed by atoms with Crippen LogP contribution in [0.25, 0.3) is 0 Å². The number of nitrogens with one attached hydrogen (secondary N) is 1. The van der Waals surface area contributed by atoms with Crippen LogP contribution in [-0.4, -0.2) is 19.2 Å². The second-order valence-electron chi connectivity index (χ2n) is 4.48. The smallest absolute Gasteiger partial charge is 0.276 e. The van der Waals surface area contributed by atoms with Gasteiger partial charge in [-0.3, -0.25) is 0 Å². The summed E-state index contributed by atoms with van der Waals surface area (Å²) in [4.78, 5) is 2.24. The Morgan fingerprint density at radius 1 is 1.18 bits per heavy atom. The zero-order valence-corrected chi connectivity index (χ0v) is 13.4. The molecule has 2 rings (SSSR count). The summed E-state index contributed by atoms with van der Waals surface area (Å²) >= 11 is 5.74. The molecule has 0 spiro atoms. The molecule has 0 saturated heterocycles. The molecule has 2 aromatic carbocycles. The van der Waals surface area contributed by atoms with Crippen molar-refractivity contribution in [2.45, 2.75) is 18.2 Å². The van der Waals surface area contributed by atoms with E-state index < -0.39 is 10.0 Å². The van der Waals surface area contributed by atoms with Gasteiger partial charge in [-0.05, 0) is 42.8 Å². The lowest BCUT2D eigenvalue weighted by Gasteiger charge is -2.08. The number of nitrogens with zero attached hydrogens (tertiary/aromatic N) is 1. The van der Waals surface area contributed by atoms with Crippen molar-refractivity contribution in [2.24, 2.45) is 5.10 Å². The number of rotatable bonds is 5. The summed E-state index contributed by atoms with van der Waals surface area (Å²) in [6.45, 7) is 1.82. The summed E-state index contributed by atoms with van der Waals surface area (Å²) in [6, 6.07) is 12.4. The fourth-order valence-electron chi connectivity index (χ4n) is 1.83. The first-order valence-electron chi connectivity index (χ1n) is 6.56. The maximum absolute atomic E-state index is 12.2. The zero-order valence-electron chi connectivity index (χ0n) is 11.8. The molecule has 0 radical (unpaired) electrons. The lowest BCUT2D eigenvalue weighted by molar-refractivity contribution is 0.474. The Morgan fingerprint density at radius 3 is 2.41 bits per heavy atom. The molecule has 0 saturated carbocycles. The molecule has 0 aliphatic carbocycles. The molecule has 0 fully saturated rings. The molecule has 0 aromatic heterocycles. The number of halogens is 1. The summed E-state index contributed by atoms with van der Waals surface area (Å²) in [5.41, 5.74) is 0.930. The van der Waals surface area contributed by atoms with Crippen LogP contribution in [0.1, 0.15) is 18.9 Å². The molecule has 0 heterocycles.